The number of allylic oxidation sites excluding steroid dienone is 1. The van der Waals surface area contributed by atoms with Gasteiger partial charge in [-0.3, -0.25) is 10.1 Å². The number of hydrogen-bond donors (Lipinski definition) is 1. The summed E-state index contributed by atoms with van der Waals surface area (Å²) >= 11 is 2.56. The van der Waals surface area contributed by atoms with Gasteiger partial charge in [0.2, 0.25) is 0 Å². The third kappa shape index (κ3) is 5.46. The Morgan fingerprint density at radius 3 is 2.84 bits per heavy atom. The van der Waals surface area contributed by atoms with Gasteiger partial charge in [-0.1, -0.05) is 24.3 Å². The van der Waals surface area contributed by atoms with E-state index in [1.807, 2.05) is 12.1 Å². The number of aromatic nitrogens is 2. The smallest absolute Gasteiger partial charge is 0.345 e. The lowest BCUT2D eigenvalue weighted by Crippen LogP contribution is -2.20. The number of nitrogens with one attached hydrogen (secondary N) is 1. The summed E-state index contributed by atoms with van der Waals surface area (Å²) in [6.07, 6.45) is 3.26. The first kappa shape index (κ1) is 24.9. The Morgan fingerprint density at radius 1 is 1.18 bits per heavy atom. The molecule has 3 heterocycles. The van der Waals surface area contributed by atoms with Crippen molar-refractivity contribution in [2.45, 2.75) is 0 Å². The molecule has 0 spiro atoms. The maximum atomic E-state index is 12.5. The van der Waals surface area contributed by atoms with Crippen molar-refractivity contribution in [2.75, 3.05) is 19.0 Å². The second-order valence-corrected chi connectivity index (χ2v) is 9.53. The normalized spacial score (nSPS) is 11.2. The zero-order chi connectivity index (χ0) is 26.5. The number of fused-ring (bicyclic) bond motifs is 1. The van der Waals surface area contributed by atoms with Crippen LogP contribution in [0.1, 0.15) is 10.6 Å². The number of carbonyl (C=O) groups is 1. The van der Waals surface area contributed by atoms with E-state index in [9.17, 15) is 14.9 Å². The molecule has 1 N–H and O–H groups in total. The highest BCUT2D eigenvalue weighted by Gasteiger charge is 2.15. The maximum absolute atomic E-state index is 12.5. The molecular formula is C27H18N4O5S2. The zero-order valence-corrected chi connectivity index (χ0v) is 21.5. The third-order valence-electron chi connectivity index (χ3n) is 5.31. The molecule has 2 aromatic carbocycles. The van der Waals surface area contributed by atoms with Crippen LogP contribution in [-0.4, -0.2) is 29.6 Å². The highest BCUT2D eigenvalue weighted by Crippen LogP contribution is 2.31. The number of nitrogens with zero attached hydrogens (tertiary/aromatic N) is 3. The summed E-state index contributed by atoms with van der Waals surface area (Å²) in [5, 5.41) is 17.7. The molecule has 0 unspecified atom stereocenters. The second kappa shape index (κ2) is 11.1. The summed E-state index contributed by atoms with van der Waals surface area (Å²) in [5.74, 6) is 0.418. The van der Waals surface area contributed by atoms with Crippen LogP contribution in [-0.2, 0) is 4.79 Å². The van der Waals surface area contributed by atoms with Crippen molar-refractivity contribution in [1.29, 1.82) is 5.26 Å². The first-order valence-corrected chi connectivity index (χ1v) is 12.9. The van der Waals surface area contributed by atoms with Crippen LogP contribution in [0.3, 0.4) is 0 Å². The van der Waals surface area contributed by atoms with Gasteiger partial charge in [0.1, 0.15) is 16.7 Å². The average Bonchev–Trinajstić information content (AvgIpc) is 3.63. The fourth-order valence-corrected chi connectivity index (χ4v) is 4.88. The summed E-state index contributed by atoms with van der Waals surface area (Å²) < 4.78 is 16.4. The fraction of sp³-hybridized carbons (Fsp3) is 0.0741. The Bertz CT molecular complexity index is 1750. The number of hydrogen-bond acceptors (Lipinski definition) is 10. The number of thiazole rings is 2. The minimum atomic E-state index is -0.497. The molecule has 5 rings (SSSR count). The SMILES string of the molecule is COc1cc(C=C(C#N)c2nc(-c3cc4ccccc4oc3=O)cs2)ccc1OCC(=O)Nc1nccs1. The fourth-order valence-electron chi connectivity index (χ4n) is 3.55. The predicted molar refractivity (Wildman–Crippen MR) is 146 cm³/mol. The van der Waals surface area contributed by atoms with Gasteiger partial charge in [-0.25, -0.2) is 14.8 Å². The van der Waals surface area contributed by atoms with E-state index in [1.54, 1.807) is 59.4 Å². The van der Waals surface area contributed by atoms with E-state index in [0.29, 0.717) is 49.6 Å². The molecule has 0 bridgehead atoms. The molecule has 0 radical (unpaired) electrons. The van der Waals surface area contributed by atoms with Gasteiger partial charge in [-0.05, 0) is 35.9 Å². The largest absolute Gasteiger partial charge is 0.493 e. The van der Waals surface area contributed by atoms with Crippen molar-refractivity contribution >= 4 is 56.3 Å². The van der Waals surface area contributed by atoms with Crippen molar-refractivity contribution in [1.82, 2.24) is 9.97 Å². The molecule has 0 atom stereocenters. The Morgan fingerprint density at radius 2 is 2.05 bits per heavy atom. The minimum Gasteiger partial charge on any atom is -0.493 e. The van der Waals surface area contributed by atoms with Gasteiger partial charge in [0.15, 0.2) is 23.2 Å². The number of para-hydroxylation sites is 1. The zero-order valence-electron chi connectivity index (χ0n) is 19.8. The topological polar surface area (TPSA) is 127 Å². The van der Waals surface area contributed by atoms with E-state index in [1.165, 1.54) is 29.8 Å². The molecular weight excluding hydrogens is 524 g/mol. The number of ether oxygens (including phenoxy) is 2. The second-order valence-electron chi connectivity index (χ2n) is 7.78. The van der Waals surface area contributed by atoms with Crippen LogP contribution < -0.4 is 20.4 Å². The van der Waals surface area contributed by atoms with Gasteiger partial charge >= 0.3 is 5.63 Å². The maximum Gasteiger partial charge on any atom is 0.345 e. The third-order valence-corrected chi connectivity index (χ3v) is 6.87. The van der Waals surface area contributed by atoms with Crippen LogP contribution >= 0.6 is 22.7 Å². The van der Waals surface area contributed by atoms with E-state index in [-0.39, 0.29) is 12.5 Å². The van der Waals surface area contributed by atoms with E-state index in [2.05, 4.69) is 21.4 Å². The average molecular weight is 543 g/mol. The predicted octanol–water partition coefficient (Wildman–Crippen LogP) is 5.46. The molecule has 3 aromatic heterocycles. The van der Waals surface area contributed by atoms with Gasteiger partial charge < -0.3 is 13.9 Å². The molecule has 1 amide bonds. The van der Waals surface area contributed by atoms with Gasteiger partial charge in [0, 0.05) is 22.3 Å². The van der Waals surface area contributed by atoms with Crippen molar-refractivity contribution < 1.29 is 18.7 Å². The lowest BCUT2D eigenvalue weighted by atomic mass is 10.1. The monoisotopic (exact) mass is 542 g/mol. The van der Waals surface area contributed by atoms with E-state index in [4.69, 9.17) is 13.9 Å². The van der Waals surface area contributed by atoms with Crippen molar-refractivity contribution in [2.24, 2.45) is 0 Å². The summed E-state index contributed by atoms with van der Waals surface area (Å²) in [5.41, 5.74) is 1.73. The van der Waals surface area contributed by atoms with Gasteiger partial charge in [0.25, 0.3) is 5.91 Å². The summed E-state index contributed by atoms with van der Waals surface area (Å²) in [7, 11) is 1.48. The Balaban J connectivity index is 1.35. The lowest BCUT2D eigenvalue weighted by Gasteiger charge is -2.11. The van der Waals surface area contributed by atoms with E-state index in [0.717, 1.165) is 5.39 Å². The van der Waals surface area contributed by atoms with Crippen LogP contribution in [0, 0.1) is 11.3 Å². The van der Waals surface area contributed by atoms with Crippen LogP contribution in [0.15, 0.2) is 74.7 Å². The van der Waals surface area contributed by atoms with Crippen LogP contribution in [0.2, 0.25) is 0 Å². The number of amides is 1. The molecule has 0 saturated carbocycles. The quantitative estimate of drug-likeness (QED) is 0.202. The molecule has 11 heteroatoms. The number of methoxy groups -OCH3 is 1. The molecule has 0 aliphatic carbocycles. The Kier molecular flexibility index (Phi) is 7.26. The highest BCUT2D eigenvalue weighted by atomic mass is 32.1. The number of nitriles is 1. The van der Waals surface area contributed by atoms with Gasteiger partial charge in [-0.2, -0.15) is 5.26 Å². The first-order chi connectivity index (χ1) is 18.5. The van der Waals surface area contributed by atoms with Gasteiger partial charge in [0.05, 0.1) is 23.9 Å². The summed E-state index contributed by atoms with van der Waals surface area (Å²) in [6, 6.07) is 16.2. The van der Waals surface area contributed by atoms with Crippen LogP contribution in [0.5, 0.6) is 11.5 Å². The summed E-state index contributed by atoms with van der Waals surface area (Å²) in [6.45, 7) is -0.223. The van der Waals surface area contributed by atoms with Crippen molar-refractivity contribution in [3.63, 3.8) is 0 Å². The standard InChI is InChI=1S/C27H18N4O5S2/c1-34-23-11-16(6-7-22(23)35-14-24(32)31-27-29-8-9-37-27)10-18(13-28)25-30-20(15-38-25)19-12-17-4-2-3-5-21(17)36-26(19)33/h2-12,15H,14H2,1H3,(H,29,31,32). The molecule has 38 heavy (non-hydrogen) atoms. The lowest BCUT2D eigenvalue weighted by molar-refractivity contribution is -0.118. The van der Waals surface area contributed by atoms with E-state index >= 15 is 0 Å². The van der Waals surface area contributed by atoms with Crippen molar-refractivity contribution in [3.8, 4) is 28.8 Å². The molecule has 0 aliphatic rings. The number of anilines is 1. The number of rotatable bonds is 8. The number of carbonyl (C=O) groups excluding carboxylic acids is 1. The number of benzene rings is 2. The van der Waals surface area contributed by atoms with Gasteiger partial charge in [-0.15, -0.1) is 22.7 Å². The molecule has 5 aromatic rings. The summed E-state index contributed by atoms with van der Waals surface area (Å²) in [4.78, 5) is 33.1. The Hall–Kier alpha value is -4.79. The van der Waals surface area contributed by atoms with Crippen molar-refractivity contribution in [3.05, 3.63) is 86.5 Å². The molecule has 0 fully saturated rings. The minimum absolute atomic E-state index is 0.223. The van der Waals surface area contributed by atoms with E-state index < -0.39 is 5.63 Å². The molecule has 9 nitrogen and oxygen atoms in total. The van der Waals surface area contributed by atoms with Crippen LogP contribution in [0.4, 0.5) is 5.13 Å². The van der Waals surface area contributed by atoms with Crippen LogP contribution in [0.25, 0.3) is 33.9 Å². The molecule has 188 valence electrons. The highest BCUT2D eigenvalue weighted by molar-refractivity contribution is 7.13. The molecule has 0 saturated heterocycles. The first-order valence-electron chi connectivity index (χ1n) is 11.1. The Labute approximate surface area is 224 Å². The molecule has 0 aliphatic heterocycles.